The first-order valence-electron chi connectivity index (χ1n) is 7.03. The SMILES string of the molecule is CC(C)(C)n1ccnc(NC2COc3ccccc32)c1=O. The number of para-hydroxylation sites is 1. The Kier molecular flexibility index (Phi) is 3.20. The molecule has 0 aliphatic carbocycles. The van der Waals surface area contributed by atoms with Crippen molar-refractivity contribution in [3.8, 4) is 5.75 Å². The van der Waals surface area contributed by atoms with Crippen LogP contribution in [0.2, 0.25) is 0 Å². The van der Waals surface area contributed by atoms with E-state index in [0.29, 0.717) is 12.4 Å². The standard InChI is InChI=1S/C16H19N3O2/c1-16(2,3)19-9-8-17-14(15(19)20)18-12-10-21-13-7-5-4-6-11(12)13/h4-9,12H,10H2,1-3H3,(H,17,18). The average molecular weight is 285 g/mol. The van der Waals surface area contributed by atoms with Gasteiger partial charge >= 0.3 is 0 Å². The Morgan fingerprint density at radius 3 is 2.86 bits per heavy atom. The van der Waals surface area contributed by atoms with Gasteiger partial charge in [0.25, 0.3) is 5.56 Å². The molecule has 0 fully saturated rings. The van der Waals surface area contributed by atoms with Crippen LogP contribution in [0.4, 0.5) is 5.82 Å². The third-order valence-corrected chi connectivity index (χ3v) is 3.57. The highest BCUT2D eigenvalue weighted by Gasteiger charge is 2.25. The lowest BCUT2D eigenvalue weighted by molar-refractivity contribution is 0.339. The van der Waals surface area contributed by atoms with Crippen LogP contribution < -0.4 is 15.6 Å². The van der Waals surface area contributed by atoms with E-state index in [2.05, 4.69) is 10.3 Å². The summed E-state index contributed by atoms with van der Waals surface area (Å²) >= 11 is 0. The van der Waals surface area contributed by atoms with Gasteiger partial charge in [0.05, 0.1) is 6.04 Å². The lowest BCUT2D eigenvalue weighted by Crippen LogP contribution is -2.35. The van der Waals surface area contributed by atoms with E-state index in [9.17, 15) is 4.79 Å². The number of hydrogen-bond acceptors (Lipinski definition) is 4. The molecule has 1 atom stereocenters. The second-order valence-corrected chi connectivity index (χ2v) is 6.17. The summed E-state index contributed by atoms with van der Waals surface area (Å²) in [5.74, 6) is 1.22. The molecule has 0 bridgehead atoms. The summed E-state index contributed by atoms with van der Waals surface area (Å²) in [6.45, 7) is 6.48. The highest BCUT2D eigenvalue weighted by Crippen LogP contribution is 2.33. The van der Waals surface area contributed by atoms with Crippen LogP contribution >= 0.6 is 0 Å². The zero-order valence-corrected chi connectivity index (χ0v) is 12.5. The Bertz CT molecular complexity index is 716. The fraction of sp³-hybridized carbons (Fsp3) is 0.375. The Labute approximate surface area is 123 Å². The number of hydrogen-bond donors (Lipinski definition) is 1. The maximum Gasteiger partial charge on any atom is 0.293 e. The minimum absolute atomic E-state index is 0.0442. The van der Waals surface area contributed by atoms with E-state index in [0.717, 1.165) is 11.3 Å². The lowest BCUT2D eigenvalue weighted by atomic mass is 10.1. The van der Waals surface area contributed by atoms with E-state index in [1.165, 1.54) is 0 Å². The quantitative estimate of drug-likeness (QED) is 0.921. The minimum atomic E-state index is -0.277. The smallest absolute Gasteiger partial charge is 0.293 e. The molecular formula is C16H19N3O2. The molecule has 3 rings (SSSR count). The van der Waals surface area contributed by atoms with Crippen molar-refractivity contribution in [1.29, 1.82) is 0 Å². The van der Waals surface area contributed by atoms with Crippen molar-refractivity contribution in [1.82, 2.24) is 9.55 Å². The molecule has 1 aromatic heterocycles. The summed E-state index contributed by atoms with van der Waals surface area (Å²) in [5, 5.41) is 3.21. The van der Waals surface area contributed by atoms with E-state index in [-0.39, 0.29) is 17.1 Å². The highest BCUT2D eigenvalue weighted by atomic mass is 16.5. The minimum Gasteiger partial charge on any atom is -0.491 e. The van der Waals surface area contributed by atoms with Crippen molar-refractivity contribution >= 4 is 5.82 Å². The van der Waals surface area contributed by atoms with Gasteiger partial charge in [-0.25, -0.2) is 4.98 Å². The molecule has 0 saturated heterocycles. The van der Waals surface area contributed by atoms with Gasteiger partial charge < -0.3 is 14.6 Å². The largest absolute Gasteiger partial charge is 0.491 e. The van der Waals surface area contributed by atoms with Gasteiger partial charge in [0.15, 0.2) is 5.82 Å². The van der Waals surface area contributed by atoms with Crippen molar-refractivity contribution < 1.29 is 4.74 Å². The number of fused-ring (bicyclic) bond motifs is 1. The van der Waals surface area contributed by atoms with Gasteiger partial charge in [-0.05, 0) is 26.8 Å². The molecule has 2 aromatic rings. The summed E-state index contributed by atoms with van der Waals surface area (Å²) in [6.07, 6.45) is 3.36. The third-order valence-electron chi connectivity index (χ3n) is 3.57. The second kappa shape index (κ2) is 4.91. The number of aromatic nitrogens is 2. The van der Waals surface area contributed by atoms with Gasteiger partial charge in [0, 0.05) is 23.5 Å². The first-order chi connectivity index (χ1) is 9.97. The first-order valence-corrected chi connectivity index (χ1v) is 7.03. The van der Waals surface area contributed by atoms with Gasteiger partial charge in [0.1, 0.15) is 12.4 Å². The molecule has 1 N–H and O–H groups in total. The number of nitrogens with zero attached hydrogens (tertiary/aromatic N) is 2. The molecular weight excluding hydrogens is 266 g/mol. The Balaban J connectivity index is 1.92. The number of ether oxygens (including phenoxy) is 1. The van der Waals surface area contributed by atoms with Gasteiger partial charge in [-0.15, -0.1) is 0 Å². The number of nitrogens with one attached hydrogen (secondary N) is 1. The zero-order valence-electron chi connectivity index (χ0n) is 12.5. The first kappa shape index (κ1) is 13.7. The molecule has 0 radical (unpaired) electrons. The normalized spacial score (nSPS) is 17.2. The van der Waals surface area contributed by atoms with Gasteiger partial charge in [0.2, 0.25) is 0 Å². The van der Waals surface area contributed by atoms with E-state index >= 15 is 0 Å². The summed E-state index contributed by atoms with van der Waals surface area (Å²) < 4.78 is 7.31. The van der Waals surface area contributed by atoms with Crippen LogP contribution in [-0.2, 0) is 5.54 Å². The van der Waals surface area contributed by atoms with Crippen molar-refractivity contribution in [3.63, 3.8) is 0 Å². The molecule has 1 aliphatic rings. The van der Waals surface area contributed by atoms with Gasteiger partial charge in [-0.2, -0.15) is 0 Å². The Hall–Kier alpha value is -2.30. The molecule has 2 heterocycles. The van der Waals surface area contributed by atoms with Gasteiger partial charge in [-0.1, -0.05) is 18.2 Å². The van der Waals surface area contributed by atoms with Gasteiger partial charge in [-0.3, -0.25) is 4.79 Å². The summed E-state index contributed by atoms with van der Waals surface area (Å²) in [4.78, 5) is 16.7. The zero-order chi connectivity index (χ0) is 15.0. The average Bonchev–Trinajstić information content (AvgIpc) is 2.83. The molecule has 5 heteroatoms. The highest BCUT2D eigenvalue weighted by molar-refractivity contribution is 5.45. The number of benzene rings is 1. The van der Waals surface area contributed by atoms with Crippen LogP contribution in [0, 0.1) is 0 Å². The van der Waals surface area contributed by atoms with Crippen molar-refractivity contribution in [3.05, 3.63) is 52.6 Å². The van der Waals surface area contributed by atoms with Crippen LogP contribution in [0.1, 0.15) is 32.4 Å². The second-order valence-electron chi connectivity index (χ2n) is 6.17. The molecule has 1 aromatic carbocycles. The van der Waals surface area contributed by atoms with E-state index in [1.807, 2.05) is 45.0 Å². The van der Waals surface area contributed by atoms with E-state index in [1.54, 1.807) is 17.0 Å². The molecule has 110 valence electrons. The fourth-order valence-corrected chi connectivity index (χ4v) is 2.49. The predicted molar refractivity (Wildman–Crippen MR) is 81.8 cm³/mol. The molecule has 21 heavy (non-hydrogen) atoms. The topological polar surface area (TPSA) is 56.1 Å². The maximum atomic E-state index is 12.5. The molecule has 0 amide bonds. The predicted octanol–water partition coefficient (Wildman–Crippen LogP) is 2.54. The van der Waals surface area contributed by atoms with Crippen molar-refractivity contribution in [2.24, 2.45) is 0 Å². The summed E-state index contributed by atoms with van der Waals surface area (Å²) in [6, 6.07) is 7.80. The summed E-state index contributed by atoms with van der Waals surface area (Å²) in [7, 11) is 0. The molecule has 1 unspecified atom stereocenters. The van der Waals surface area contributed by atoms with Crippen LogP contribution in [-0.4, -0.2) is 16.2 Å². The third kappa shape index (κ3) is 2.51. The van der Waals surface area contributed by atoms with Crippen LogP contribution in [0.15, 0.2) is 41.5 Å². The Morgan fingerprint density at radius 2 is 2.10 bits per heavy atom. The lowest BCUT2D eigenvalue weighted by Gasteiger charge is -2.23. The summed E-state index contributed by atoms with van der Waals surface area (Å²) in [5.41, 5.74) is 0.666. The monoisotopic (exact) mass is 285 g/mol. The maximum absolute atomic E-state index is 12.5. The Morgan fingerprint density at radius 1 is 1.33 bits per heavy atom. The number of anilines is 1. The van der Waals surface area contributed by atoms with E-state index in [4.69, 9.17) is 4.74 Å². The molecule has 0 saturated carbocycles. The molecule has 5 nitrogen and oxygen atoms in total. The van der Waals surface area contributed by atoms with Crippen LogP contribution in [0.5, 0.6) is 5.75 Å². The van der Waals surface area contributed by atoms with Crippen molar-refractivity contribution in [2.45, 2.75) is 32.4 Å². The fourth-order valence-electron chi connectivity index (χ4n) is 2.49. The van der Waals surface area contributed by atoms with Crippen molar-refractivity contribution in [2.75, 3.05) is 11.9 Å². The van der Waals surface area contributed by atoms with Crippen LogP contribution in [0.3, 0.4) is 0 Å². The van der Waals surface area contributed by atoms with E-state index < -0.39 is 0 Å². The molecule has 1 aliphatic heterocycles. The number of rotatable bonds is 2. The molecule has 0 spiro atoms. The van der Waals surface area contributed by atoms with Crippen LogP contribution in [0.25, 0.3) is 0 Å².